The van der Waals surface area contributed by atoms with E-state index in [0.29, 0.717) is 6.04 Å². The van der Waals surface area contributed by atoms with Gasteiger partial charge in [0.15, 0.2) is 0 Å². The van der Waals surface area contributed by atoms with E-state index in [1.165, 1.54) is 16.5 Å². The molecule has 0 saturated heterocycles. The Morgan fingerprint density at radius 3 is 2.90 bits per heavy atom. The maximum absolute atomic E-state index is 4.45. The predicted octanol–water partition coefficient (Wildman–Crippen LogP) is 3.07. The quantitative estimate of drug-likeness (QED) is 0.764. The molecule has 0 fully saturated rings. The molecule has 1 aromatic carbocycles. The van der Waals surface area contributed by atoms with Gasteiger partial charge < -0.3 is 14.9 Å². The molecule has 2 N–H and O–H groups in total. The van der Waals surface area contributed by atoms with Crippen molar-refractivity contribution >= 4 is 10.9 Å². The summed E-state index contributed by atoms with van der Waals surface area (Å²) in [6.07, 6.45) is 4.07. The number of aromatic amines is 1. The van der Waals surface area contributed by atoms with Gasteiger partial charge >= 0.3 is 0 Å². The van der Waals surface area contributed by atoms with E-state index in [0.717, 1.165) is 18.1 Å². The average Bonchev–Trinajstić information content (AvgIpc) is 3.02. The van der Waals surface area contributed by atoms with Crippen LogP contribution in [0.3, 0.4) is 0 Å². The number of aromatic nitrogens is 3. The molecule has 0 radical (unpaired) electrons. The molecule has 2 heterocycles. The SMILES string of the molecule is CC(C)NCc1ncc(-c2cn(C)c3ccccc23)[nH]1. The number of H-pyrrole nitrogens is 1. The standard InChI is InChI=1S/C16H20N4/c1-11(2)17-9-16-18-8-14(19-16)13-10-20(3)15-7-5-4-6-12(13)15/h4-8,10-11,17H,9H2,1-3H3,(H,18,19). The van der Waals surface area contributed by atoms with Gasteiger partial charge in [-0.1, -0.05) is 32.0 Å². The van der Waals surface area contributed by atoms with E-state index in [1.807, 2.05) is 6.20 Å². The average molecular weight is 268 g/mol. The van der Waals surface area contributed by atoms with Crippen LogP contribution in [0, 0.1) is 0 Å². The number of hydrogen-bond donors (Lipinski definition) is 2. The van der Waals surface area contributed by atoms with Crippen LogP contribution in [0.15, 0.2) is 36.7 Å². The molecule has 4 heteroatoms. The third-order valence-electron chi connectivity index (χ3n) is 3.49. The van der Waals surface area contributed by atoms with Crippen LogP contribution in [-0.2, 0) is 13.6 Å². The Morgan fingerprint density at radius 2 is 2.10 bits per heavy atom. The number of imidazole rings is 1. The minimum absolute atomic E-state index is 0.459. The topological polar surface area (TPSA) is 45.6 Å². The molecule has 0 aliphatic rings. The van der Waals surface area contributed by atoms with E-state index in [2.05, 4.69) is 71.2 Å². The number of aryl methyl sites for hydroxylation is 1. The molecule has 0 spiro atoms. The summed E-state index contributed by atoms with van der Waals surface area (Å²) in [7, 11) is 2.07. The van der Waals surface area contributed by atoms with E-state index in [4.69, 9.17) is 0 Å². The first kappa shape index (κ1) is 12.9. The van der Waals surface area contributed by atoms with Crippen LogP contribution in [0.25, 0.3) is 22.2 Å². The zero-order valence-corrected chi connectivity index (χ0v) is 12.1. The second-order valence-corrected chi connectivity index (χ2v) is 5.45. The minimum Gasteiger partial charge on any atom is -0.350 e. The summed E-state index contributed by atoms with van der Waals surface area (Å²) in [5.74, 6) is 0.974. The summed E-state index contributed by atoms with van der Waals surface area (Å²) in [5.41, 5.74) is 3.51. The second-order valence-electron chi connectivity index (χ2n) is 5.45. The summed E-state index contributed by atoms with van der Waals surface area (Å²) in [6, 6.07) is 8.88. The first-order chi connectivity index (χ1) is 9.65. The lowest BCUT2D eigenvalue weighted by atomic mass is 10.1. The molecule has 3 aromatic rings. The number of para-hydroxylation sites is 1. The van der Waals surface area contributed by atoms with Crippen LogP contribution in [-0.4, -0.2) is 20.6 Å². The summed E-state index contributed by atoms with van der Waals surface area (Å²) in [4.78, 5) is 7.86. The van der Waals surface area contributed by atoms with Crippen molar-refractivity contribution in [2.24, 2.45) is 7.05 Å². The number of rotatable bonds is 4. The summed E-state index contributed by atoms with van der Waals surface area (Å²) >= 11 is 0. The zero-order chi connectivity index (χ0) is 14.1. The van der Waals surface area contributed by atoms with Gasteiger partial charge in [0.25, 0.3) is 0 Å². The first-order valence-electron chi connectivity index (χ1n) is 6.97. The van der Waals surface area contributed by atoms with Gasteiger partial charge in [0.05, 0.1) is 18.4 Å². The van der Waals surface area contributed by atoms with Crippen LogP contribution in [0.4, 0.5) is 0 Å². The van der Waals surface area contributed by atoms with Crippen LogP contribution < -0.4 is 5.32 Å². The molecule has 104 valence electrons. The largest absolute Gasteiger partial charge is 0.350 e. The van der Waals surface area contributed by atoms with Crippen molar-refractivity contribution in [3.05, 3.63) is 42.5 Å². The molecule has 4 nitrogen and oxygen atoms in total. The lowest BCUT2D eigenvalue weighted by molar-refractivity contribution is 0.575. The third-order valence-corrected chi connectivity index (χ3v) is 3.49. The van der Waals surface area contributed by atoms with Crippen molar-refractivity contribution in [2.75, 3.05) is 0 Å². The molecular weight excluding hydrogens is 248 g/mol. The van der Waals surface area contributed by atoms with Crippen molar-refractivity contribution in [1.29, 1.82) is 0 Å². The Hall–Kier alpha value is -2.07. The second kappa shape index (κ2) is 5.13. The van der Waals surface area contributed by atoms with Gasteiger partial charge in [-0.15, -0.1) is 0 Å². The fourth-order valence-electron chi connectivity index (χ4n) is 2.45. The normalized spacial score (nSPS) is 11.6. The lowest BCUT2D eigenvalue weighted by Gasteiger charge is -2.04. The van der Waals surface area contributed by atoms with Gasteiger partial charge in [-0.05, 0) is 6.07 Å². The van der Waals surface area contributed by atoms with E-state index in [1.54, 1.807) is 0 Å². The Labute approximate surface area is 118 Å². The number of nitrogens with one attached hydrogen (secondary N) is 2. The smallest absolute Gasteiger partial charge is 0.120 e. The molecule has 2 aromatic heterocycles. The molecule has 20 heavy (non-hydrogen) atoms. The van der Waals surface area contributed by atoms with Gasteiger partial charge in [0.2, 0.25) is 0 Å². The molecule has 0 saturated carbocycles. The molecular formula is C16H20N4. The van der Waals surface area contributed by atoms with Gasteiger partial charge in [0, 0.05) is 35.8 Å². The Balaban J connectivity index is 1.95. The van der Waals surface area contributed by atoms with Crippen molar-refractivity contribution in [2.45, 2.75) is 26.4 Å². The van der Waals surface area contributed by atoms with Crippen LogP contribution in [0.1, 0.15) is 19.7 Å². The van der Waals surface area contributed by atoms with E-state index in [-0.39, 0.29) is 0 Å². The summed E-state index contributed by atoms with van der Waals surface area (Å²) < 4.78 is 2.15. The molecule has 3 rings (SSSR count). The van der Waals surface area contributed by atoms with Gasteiger partial charge in [-0.2, -0.15) is 0 Å². The van der Waals surface area contributed by atoms with Crippen LogP contribution in [0.5, 0.6) is 0 Å². The van der Waals surface area contributed by atoms with Gasteiger partial charge in [-0.25, -0.2) is 4.98 Å². The molecule has 0 aliphatic heterocycles. The number of nitrogens with zero attached hydrogens (tertiary/aromatic N) is 2. The fourth-order valence-corrected chi connectivity index (χ4v) is 2.45. The van der Waals surface area contributed by atoms with Crippen molar-refractivity contribution in [3.8, 4) is 11.3 Å². The molecule has 0 amide bonds. The Morgan fingerprint density at radius 1 is 1.30 bits per heavy atom. The monoisotopic (exact) mass is 268 g/mol. The highest BCUT2D eigenvalue weighted by molar-refractivity contribution is 5.95. The zero-order valence-electron chi connectivity index (χ0n) is 12.1. The van der Waals surface area contributed by atoms with Crippen molar-refractivity contribution < 1.29 is 0 Å². The predicted molar refractivity (Wildman–Crippen MR) is 82.5 cm³/mol. The number of benzene rings is 1. The molecule has 0 unspecified atom stereocenters. The molecule has 0 aliphatic carbocycles. The molecule has 0 atom stereocenters. The lowest BCUT2D eigenvalue weighted by Crippen LogP contribution is -2.22. The van der Waals surface area contributed by atoms with Crippen molar-refractivity contribution in [1.82, 2.24) is 19.9 Å². The first-order valence-corrected chi connectivity index (χ1v) is 6.97. The van der Waals surface area contributed by atoms with Gasteiger partial charge in [0.1, 0.15) is 5.82 Å². The summed E-state index contributed by atoms with van der Waals surface area (Å²) in [6.45, 7) is 5.03. The Bertz CT molecular complexity index is 721. The van der Waals surface area contributed by atoms with E-state index >= 15 is 0 Å². The minimum atomic E-state index is 0.459. The number of fused-ring (bicyclic) bond motifs is 1. The number of hydrogen-bond acceptors (Lipinski definition) is 2. The highest BCUT2D eigenvalue weighted by Crippen LogP contribution is 2.28. The third kappa shape index (κ3) is 2.34. The van der Waals surface area contributed by atoms with Crippen molar-refractivity contribution in [3.63, 3.8) is 0 Å². The molecule has 0 bridgehead atoms. The highest BCUT2D eigenvalue weighted by atomic mass is 15.0. The maximum Gasteiger partial charge on any atom is 0.120 e. The van der Waals surface area contributed by atoms with E-state index < -0.39 is 0 Å². The van der Waals surface area contributed by atoms with Gasteiger partial charge in [-0.3, -0.25) is 0 Å². The Kier molecular flexibility index (Phi) is 3.32. The highest BCUT2D eigenvalue weighted by Gasteiger charge is 2.10. The fraction of sp³-hybridized carbons (Fsp3) is 0.312. The summed E-state index contributed by atoms with van der Waals surface area (Å²) in [5, 5.41) is 4.62. The van der Waals surface area contributed by atoms with Crippen LogP contribution in [0.2, 0.25) is 0 Å². The maximum atomic E-state index is 4.45. The van der Waals surface area contributed by atoms with E-state index in [9.17, 15) is 0 Å². The van der Waals surface area contributed by atoms with Crippen LogP contribution >= 0.6 is 0 Å².